The number of benzene rings is 1. The van der Waals surface area contributed by atoms with Gasteiger partial charge < -0.3 is 10.4 Å². The predicted molar refractivity (Wildman–Crippen MR) is 68.2 cm³/mol. The van der Waals surface area contributed by atoms with E-state index in [9.17, 15) is 5.11 Å². The van der Waals surface area contributed by atoms with E-state index in [2.05, 4.69) is 11.4 Å². The van der Waals surface area contributed by atoms with Gasteiger partial charge in [0.25, 0.3) is 0 Å². The zero-order valence-corrected chi connectivity index (χ0v) is 10.1. The molecular formula is C13H17NOS. The molecule has 2 N–H and O–H groups in total. The van der Waals surface area contributed by atoms with Crippen molar-refractivity contribution in [3.63, 3.8) is 0 Å². The molecule has 2 aliphatic rings. The highest BCUT2D eigenvalue weighted by atomic mass is 32.2. The van der Waals surface area contributed by atoms with E-state index < -0.39 is 0 Å². The van der Waals surface area contributed by atoms with E-state index in [0.29, 0.717) is 11.2 Å². The van der Waals surface area contributed by atoms with Gasteiger partial charge in [-0.2, -0.15) is 0 Å². The highest BCUT2D eigenvalue weighted by Crippen LogP contribution is 2.47. The molecule has 0 saturated heterocycles. The molecule has 1 aliphatic heterocycles. The Bertz CT molecular complexity index is 399. The Morgan fingerprint density at radius 2 is 2.06 bits per heavy atom. The van der Waals surface area contributed by atoms with E-state index >= 15 is 0 Å². The quantitative estimate of drug-likeness (QED) is 0.722. The van der Waals surface area contributed by atoms with Crippen molar-refractivity contribution in [2.75, 3.05) is 17.6 Å². The Balaban J connectivity index is 1.89. The average molecular weight is 235 g/mol. The van der Waals surface area contributed by atoms with E-state index in [0.717, 1.165) is 22.9 Å². The van der Waals surface area contributed by atoms with E-state index in [1.807, 2.05) is 17.8 Å². The lowest BCUT2D eigenvalue weighted by Crippen LogP contribution is -2.27. The number of hydrogen-bond donors (Lipinski definition) is 2. The largest absolute Gasteiger partial charge is 0.507 e. The molecule has 1 aliphatic carbocycles. The zero-order valence-electron chi connectivity index (χ0n) is 9.33. The van der Waals surface area contributed by atoms with Crippen molar-refractivity contribution in [3.05, 3.63) is 18.2 Å². The third kappa shape index (κ3) is 1.67. The van der Waals surface area contributed by atoms with Gasteiger partial charge in [-0.25, -0.2) is 0 Å². The fraction of sp³-hybridized carbons (Fsp3) is 0.538. The summed E-state index contributed by atoms with van der Waals surface area (Å²) in [6.07, 6.45) is 5.40. The minimum absolute atomic E-state index is 0.421. The smallest absolute Gasteiger partial charge is 0.131 e. The van der Waals surface area contributed by atoms with Gasteiger partial charge in [0, 0.05) is 12.3 Å². The van der Waals surface area contributed by atoms with Gasteiger partial charge in [-0.3, -0.25) is 0 Å². The maximum Gasteiger partial charge on any atom is 0.131 e. The van der Waals surface area contributed by atoms with Gasteiger partial charge in [-0.05, 0) is 30.4 Å². The van der Waals surface area contributed by atoms with E-state index in [-0.39, 0.29) is 0 Å². The number of nitrogens with one attached hydrogen (secondary N) is 1. The summed E-state index contributed by atoms with van der Waals surface area (Å²) in [5, 5.41) is 13.4. The second kappa shape index (κ2) is 3.88. The van der Waals surface area contributed by atoms with Crippen LogP contribution in [0, 0.1) is 5.41 Å². The second-order valence-corrected chi connectivity index (χ2v) is 5.99. The first kappa shape index (κ1) is 10.3. The van der Waals surface area contributed by atoms with Crippen molar-refractivity contribution in [2.45, 2.75) is 30.6 Å². The van der Waals surface area contributed by atoms with Gasteiger partial charge in [0.15, 0.2) is 0 Å². The highest BCUT2D eigenvalue weighted by molar-refractivity contribution is 7.99. The normalized spacial score (nSPS) is 22.5. The van der Waals surface area contributed by atoms with Crippen LogP contribution in [0.1, 0.15) is 25.7 Å². The van der Waals surface area contributed by atoms with Crippen LogP contribution in [0.15, 0.2) is 23.1 Å². The van der Waals surface area contributed by atoms with Crippen LogP contribution < -0.4 is 5.32 Å². The van der Waals surface area contributed by atoms with Crippen LogP contribution in [0.4, 0.5) is 5.69 Å². The van der Waals surface area contributed by atoms with Crippen LogP contribution in [-0.2, 0) is 0 Å². The minimum atomic E-state index is 0.421. The van der Waals surface area contributed by atoms with Crippen molar-refractivity contribution in [3.8, 4) is 5.75 Å². The number of rotatable bonds is 0. The number of anilines is 1. The van der Waals surface area contributed by atoms with Gasteiger partial charge in [-0.15, -0.1) is 11.8 Å². The standard InChI is InChI=1S/C13H17NOS/c15-11-5-3-4-10-12(11)16-9-13(8-14-10)6-1-2-7-13/h3-5,14-15H,1-2,6-9H2. The number of phenolic OH excluding ortho intramolecular Hbond substituents is 1. The van der Waals surface area contributed by atoms with Crippen molar-refractivity contribution in [2.24, 2.45) is 5.41 Å². The molecule has 1 aromatic carbocycles. The van der Waals surface area contributed by atoms with Crippen LogP contribution >= 0.6 is 11.8 Å². The summed E-state index contributed by atoms with van der Waals surface area (Å²) < 4.78 is 0. The van der Waals surface area contributed by atoms with Gasteiger partial charge in [0.05, 0.1) is 10.6 Å². The van der Waals surface area contributed by atoms with Crippen LogP contribution in [0.2, 0.25) is 0 Å². The van der Waals surface area contributed by atoms with Crippen LogP contribution in [0.5, 0.6) is 5.75 Å². The molecule has 2 nitrogen and oxygen atoms in total. The Labute approximate surface area is 100 Å². The number of fused-ring (bicyclic) bond motifs is 1. The molecule has 16 heavy (non-hydrogen) atoms. The van der Waals surface area contributed by atoms with Gasteiger partial charge in [-0.1, -0.05) is 18.9 Å². The molecule has 3 rings (SSSR count). The van der Waals surface area contributed by atoms with Crippen molar-refractivity contribution in [1.82, 2.24) is 0 Å². The molecule has 0 radical (unpaired) electrons. The highest BCUT2D eigenvalue weighted by Gasteiger charge is 2.36. The van der Waals surface area contributed by atoms with Gasteiger partial charge in [0.2, 0.25) is 0 Å². The third-order valence-electron chi connectivity index (χ3n) is 3.83. The maximum absolute atomic E-state index is 9.85. The van der Waals surface area contributed by atoms with Gasteiger partial charge >= 0.3 is 0 Å². The molecule has 1 saturated carbocycles. The second-order valence-electron chi connectivity index (χ2n) is 5.00. The van der Waals surface area contributed by atoms with Crippen LogP contribution in [0.3, 0.4) is 0 Å². The summed E-state index contributed by atoms with van der Waals surface area (Å²) in [6.45, 7) is 1.07. The first-order chi connectivity index (χ1) is 7.79. The molecule has 0 atom stereocenters. The van der Waals surface area contributed by atoms with Crippen LogP contribution in [-0.4, -0.2) is 17.4 Å². The summed E-state index contributed by atoms with van der Waals surface area (Å²) in [5.74, 6) is 1.56. The zero-order chi connectivity index (χ0) is 11.0. The summed E-state index contributed by atoms with van der Waals surface area (Å²) in [4.78, 5) is 1.03. The van der Waals surface area contributed by atoms with E-state index in [1.54, 1.807) is 6.07 Å². The molecule has 0 unspecified atom stereocenters. The first-order valence-corrected chi connectivity index (χ1v) is 6.96. The summed E-state index contributed by atoms with van der Waals surface area (Å²) in [7, 11) is 0. The maximum atomic E-state index is 9.85. The topological polar surface area (TPSA) is 32.3 Å². The molecule has 1 spiro atoms. The Hall–Kier alpha value is -0.830. The molecule has 0 bridgehead atoms. The number of phenols is 1. The Morgan fingerprint density at radius 3 is 2.88 bits per heavy atom. The number of aromatic hydroxyl groups is 1. The molecule has 0 amide bonds. The molecule has 86 valence electrons. The van der Waals surface area contributed by atoms with E-state index in [1.165, 1.54) is 25.7 Å². The molecule has 1 heterocycles. The summed E-state index contributed by atoms with van der Waals surface area (Å²) in [6, 6.07) is 5.75. The van der Waals surface area contributed by atoms with E-state index in [4.69, 9.17) is 0 Å². The number of thioether (sulfide) groups is 1. The molecule has 1 aromatic rings. The van der Waals surface area contributed by atoms with Crippen molar-refractivity contribution in [1.29, 1.82) is 0 Å². The predicted octanol–water partition coefficient (Wildman–Crippen LogP) is 3.47. The van der Waals surface area contributed by atoms with Crippen molar-refractivity contribution < 1.29 is 5.11 Å². The number of hydrogen-bond acceptors (Lipinski definition) is 3. The van der Waals surface area contributed by atoms with Crippen molar-refractivity contribution >= 4 is 17.4 Å². The monoisotopic (exact) mass is 235 g/mol. The molecule has 3 heteroatoms. The lowest BCUT2D eigenvalue weighted by Gasteiger charge is -2.26. The first-order valence-electron chi connectivity index (χ1n) is 5.98. The Morgan fingerprint density at radius 1 is 1.25 bits per heavy atom. The Kier molecular flexibility index (Phi) is 2.51. The summed E-state index contributed by atoms with van der Waals surface area (Å²) in [5.41, 5.74) is 1.57. The lowest BCUT2D eigenvalue weighted by atomic mass is 9.88. The molecular weight excluding hydrogens is 218 g/mol. The summed E-state index contributed by atoms with van der Waals surface area (Å²) >= 11 is 1.82. The minimum Gasteiger partial charge on any atom is -0.507 e. The van der Waals surface area contributed by atoms with Gasteiger partial charge in [0.1, 0.15) is 5.75 Å². The average Bonchev–Trinajstić information content (AvgIpc) is 2.65. The van der Waals surface area contributed by atoms with Crippen LogP contribution in [0.25, 0.3) is 0 Å². The SMILES string of the molecule is Oc1cccc2c1SCC1(CCCC1)CN2. The molecule has 0 aromatic heterocycles. The third-order valence-corrected chi connectivity index (χ3v) is 5.31. The lowest BCUT2D eigenvalue weighted by molar-refractivity contribution is 0.373. The fourth-order valence-corrected chi connectivity index (χ4v) is 4.17. The molecule has 1 fully saturated rings. The fourth-order valence-electron chi connectivity index (χ4n) is 2.82.